The molecule has 2 heteroatoms. The number of hydrogen-bond acceptors (Lipinski definition) is 2. The third-order valence-electron chi connectivity index (χ3n) is 5.76. The average molecular weight is 399 g/mol. The molecule has 0 spiro atoms. The van der Waals surface area contributed by atoms with Crippen molar-refractivity contribution in [3.63, 3.8) is 0 Å². The molecule has 0 radical (unpaired) electrons. The Balaban J connectivity index is 0.00000219. The SMILES string of the molecule is C1CO1.CCCCCCCCCC(CC)OC(CC)CCCCCCCCC. The molecule has 2 atom stereocenters. The maximum absolute atomic E-state index is 6.44. The van der Waals surface area contributed by atoms with Crippen LogP contribution >= 0.6 is 0 Å². The molecule has 0 N–H and O–H groups in total. The highest BCUT2D eigenvalue weighted by atomic mass is 16.6. The fourth-order valence-electron chi connectivity index (χ4n) is 3.67. The molecule has 1 aliphatic rings. The third kappa shape index (κ3) is 22.2. The standard InChI is InChI=1S/C24H50O.C2H4O/c1-5-9-11-13-15-17-19-21-23(7-3)25-24(8-4)22-20-18-16-14-12-10-6-2;1-2-3-1/h23-24H,5-22H2,1-4H3;1-2H2. The van der Waals surface area contributed by atoms with E-state index in [0.29, 0.717) is 12.2 Å². The van der Waals surface area contributed by atoms with E-state index in [9.17, 15) is 0 Å². The number of rotatable bonds is 20. The van der Waals surface area contributed by atoms with Crippen molar-refractivity contribution < 1.29 is 9.47 Å². The molecule has 2 unspecified atom stereocenters. The molecule has 1 fully saturated rings. The van der Waals surface area contributed by atoms with Crippen LogP contribution in [0.25, 0.3) is 0 Å². The summed E-state index contributed by atoms with van der Waals surface area (Å²) in [5, 5.41) is 0. The summed E-state index contributed by atoms with van der Waals surface area (Å²) in [6.07, 6.45) is 25.5. The largest absolute Gasteiger partial charge is 0.377 e. The molecule has 0 aromatic rings. The highest BCUT2D eigenvalue weighted by molar-refractivity contribution is 4.63. The molecular weight excluding hydrogens is 344 g/mol. The minimum atomic E-state index is 0.505. The number of ether oxygens (including phenoxy) is 2. The number of epoxide rings is 1. The van der Waals surface area contributed by atoms with Gasteiger partial charge >= 0.3 is 0 Å². The minimum absolute atomic E-state index is 0.505. The molecule has 2 nitrogen and oxygen atoms in total. The van der Waals surface area contributed by atoms with Gasteiger partial charge in [0, 0.05) is 0 Å². The fourth-order valence-corrected chi connectivity index (χ4v) is 3.67. The van der Waals surface area contributed by atoms with Crippen LogP contribution in [0.4, 0.5) is 0 Å². The summed E-state index contributed by atoms with van der Waals surface area (Å²) in [6, 6.07) is 0. The first-order valence-corrected chi connectivity index (χ1v) is 13.0. The van der Waals surface area contributed by atoms with Gasteiger partial charge in [0.25, 0.3) is 0 Å². The van der Waals surface area contributed by atoms with Crippen LogP contribution in [0.2, 0.25) is 0 Å². The van der Waals surface area contributed by atoms with Crippen LogP contribution in [0.1, 0.15) is 143 Å². The van der Waals surface area contributed by atoms with Gasteiger partial charge in [-0.2, -0.15) is 0 Å². The lowest BCUT2D eigenvalue weighted by Crippen LogP contribution is -2.21. The van der Waals surface area contributed by atoms with E-state index in [2.05, 4.69) is 32.4 Å². The Morgan fingerprint density at radius 1 is 0.536 bits per heavy atom. The van der Waals surface area contributed by atoms with Gasteiger partial charge in [-0.1, -0.05) is 118 Å². The van der Waals surface area contributed by atoms with Crippen LogP contribution in [0.15, 0.2) is 0 Å². The predicted octanol–water partition coefficient (Wildman–Crippen LogP) is 8.86. The first-order chi connectivity index (χ1) is 13.8. The van der Waals surface area contributed by atoms with Crippen molar-refractivity contribution >= 4 is 0 Å². The Bertz CT molecular complexity index is 251. The number of unbranched alkanes of at least 4 members (excludes halogenated alkanes) is 12. The summed E-state index contributed by atoms with van der Waals surface area (Å²) < 4.78 is 10.9. The maximum atomic E-state index is 6.44. The van der Waals surface area contributed by atoms with Gasteiger partial charge in [0.2, 0.25) is 0 Å². The van der Waals surface area contributed by atoms with Gasteiger partial charge in [0.15, 0.2) is 0 Å². The Morgan fingerprint density at radius 3 is 1.14 bits per heavy atom. The summed E-state index contributed by atoms with van der Waals surface area (Å²) >= 11 is 0. The average Bonchev–Trinajstić information content (AvgIpc) is 3.59. The predicted molar refractivity (Wildman–Crippen MR) is 125 cm³/mol. The Labute approximate surface area is 178 Å². The molecule has 0 amide bonds. The van der Waals surface area contributed by atoms with Crippen molar-refractivity contribution in [2.24, 2.45) is 0 Å². The molecule has 170 valence electrons. The zero-order valence-electron chi connectivity index (χ0n) is 20.1. The number of hydrogen-bond donors (Lipinski definition) is 0. The van der Waals surface area contributed by atoms with Gasteiger partial charge in [0.1, 0.15) is 0 Å². The maximum Gasteiger partial charge on any atom is 0.0701 e. The summed E-state index contributed by atoms with van der Waals surface area (Å²) in [5.41, 5.74) is 0. The van der Waals surface area contributed by atoms with Crippen molar-refractivity contribution in [3.8, 4) is 0 Å². The molecule has 0 aromatic heterocycles. The smallest absolute Gasteiger partial charge is 0.0701 e. The van der Waals surface area contributed by atoms with Crippen molar-refractivity contribution in [2.75, 3.05) is 13.2 Å². The van der Waals surface area contributed by atoms with Crippen molar-refractivity contribution in [3.05, 3.63) is 0 Å². The lowest BCUT2D eigenvalue weighted by molar-refractivity contribution is -0.0257. The Kier molecular flexibility index (Phi) is 23.1. The van der Waals surface area contributed by atoms with Gasteiger partial charge in [-0.25, -0.2) is 0 Å². The van der Waals surface area contributed by atoms with Gasteiger partial charge < -0.3 is 9.47 Å². The first kappa shape index (κ1) is 27.9. The molecule has 0 saturated carbocycles. The topological polar surface area (TPSA) is 21.8 Å². The van der Waals surface area contributed by atoms with Crippen molar-refractivity contribution in [1.82, 2.24) is 0 Å². The minimum Gasteiger partial charge on any atom is -0.377 e. The van der Waals surface area contributed by atoms with Crippen LogP contribution in [-0.4, -0.2) is 25.4 Å². The van der Waals surface area contributed by atoms with E-state index in [1.54, 1.807) is 0 Å². The van der Waals surface area contributed by atoms with E-state index in [-0.39, 0.29) is 0 Å². The van der Waals surface area contributed by atoms with Crippen LogP contribution in [0, 0.1) is 0 Å². The van der Waals surface area contributed by atoms with Crippen molar-refractivity contribution in [1.29, 1.82) is 0 Å². The van der Waals surface area contributed by atoms with Gasteiger partial charge in [0.05, 0.1) is 25.4 Å². The molecule has 0 aliphatic carbocycles. The molecule has 1 aliphatic heterocycles. The van der Waals surface area contributed by atoms with E-state index in [1.165, 1.54) is 116 Å². The van der Waals surface area contributed by atoms with E-state index in [0.717, 1.165) is 13.2 Å². The van der Waals surface area contributed by atoms with Crippen LogP contribution < -0.4 is 0 Å². The zero-order valence-corrected chi connectivity index (χ0v) is 20.1. The first-order valence-electron chi connectivity index (χ1n) is 13.0. The highest BCUT2D eigenvalue weighted by Gasteiger charge is 2.13. The Hall–Kier alpha value is -0.0800. The van der Waals surface area contributed by atoms with Crippen LogP contribution in [0.3, 0.4) is 0 Å². The second-order valence-corrected chi connectivity index (χ2v) is 8.63. The second kappa shape index (κ2) is 23.2. The highest BCUT2D eigenvalue weighted by Crippen LogP contribution is 2.19. The van der Waals surface area contributed by atoms with Gasteiger partial charge in [-0.3, -0.25) is 0 Å². The summed E-state index contributed by atoms with van der Waals surface area (Å²) in [4.78, 5) is 0. The summed E-state index contributed by atoms with van der Waals surface area (Å²) in [7, 11) is 0. The van der Waals surface area contributed by atoms with Gasteiger partial charge in [-0.15, -0.1) is 0 Å². The van der Waals surface area contributed by atoms with E-state index in [1.807, 2.05) is 0 Å². The molecule has 0 aromatic carbocycles. The lowest BCUT2D eigenvalue weighted by atomic mass is 10.0. The normalized spacial score (nSPS) is 15.0. The summed E-state index contributed by atoms with van der Waals surface area (Å²) in [5.74, 6) is 0. The third-order valence-corrected chi connectivity index (χ3v) is 5.76. The van der Waals surface area contributed by atoms with E-state index >= 15 is 0 Å². The molecule has 1 rings (SSSR count). The zero-order chi connectivity index (χ0) is 20.7. The Morgan fingerprint density at radius 2 is 0.857 bits per heavy atom. The fraction of sp³-hybridized carbons (Fsp3) is 1.00. The lowest BCUT2D eigenvalue weighted by Gasteiger charge is -2.23. The van der Waals surface area contributed by atoms with Crippen molar-refractivity contribution in [2.45, 2.75) is 155 Å². The van der Waals surface area contributed by atoms with E-state index < -0.39 is 0 Å². The molecular formula is C26H54O2. The molecule has 1 saturated heterocycles. The second-order valence-electron chi connectivity index (χ2n) is 8.63. The van der Waals surface area contributed by atoms with Crippen LogP contribution in [-0.2, 0) is 9.47 Å². The monoisotopic (exact) mass is 398 g/mol. The quantitative estimate of drug-likeness (QED) is 0.151. The molecule has 1 heterocycles. The van der Waals surface area contributed by atoms with Gasteiger partial charge in [-0.05, 0) is 25.7 Å². The molecule has 28 heavy (non-hydrogen) atoms. The van der Waals surface area contributed by atoms with E-state index in [4.69, 9.17) is 4.74 Å². The van der Waals surface area contributed by atoms with Crippen LogP contribution in [0.5, 0.6) is 0 Å². The molecule has 0 bridgehead atoms. The summed E-state index contributed by atoms with van der Waals surface area (Å²) in [6.45, 7) is 11.2.